The Labute approximate surface area is 169 Å². The summed E-state index contributed by atoms with van der Waals surface area (Å²) in [6.45, 7) is 5.43. The third-order valence-corrected chi connectivity index (χ3v) is 4.42. The minimum Gasteiger partial charge on any atom is -0.322 e. The van der Waals surface area contributed by atoms with E-state index in [9.17, 15) is 14.4 Å². The summed E-state index contributed by atoms with van der Waals surface area (Å²) in [7, 11) is 0. The highest BCUT2D eigenvalue weighted by atomic mass is 16.2. The van der Waals surface area contributed by atoms with Crippen LogP contribution in [0.3, 0.4) is 0 Å². The molecule has 0 aliphatic heterocycles. The van der Waals surface area contributed by atoms with Crippen LogP contribution < -0.4 is 10.6 Å². The van der Waals surface area contributed by atoms with Crippen LogP contribution in [0.4, 0.5) is 11.4 Å². The summed E-state index contributed by atoms with van der Waals surface area (Å²) < 4.78 is 0. The fourth-order valence-electron chi connectivity index (χ4n) is 3.04. The van der Waals surface area contributed by atoms with Crippen LogP contribution in [0.15, 0.2) is 66.7 Å². The Hall–Kier alpha value is -3.73. The number of carbonyl (C=O) groups is 3. The van der Waals surface area contributed by atoms with Crippen LogP contribution in [0, 0.1) is 13.8 Å². The minimum absolute atomic E-state index is 0.0367. The van der Waals surface area contributed by atoms with Crippen molar-refractivity contribution < 1.29 is 14.4 Å². The number of amides is 2. The van der Waals surface area contributed by atoms with Gasteiger partial charge in [-0.15, -0.1) is 0 Å². The molecule has 0 aromatic heterocycles. The minimum atomic E-state index is -0.332. The second-order valence-electron chi connectivity index (χ2n) is 7.00. The molecule has 0 radical (unpaired) electrons. The summed E-state index contributed by atoms with van der Waals surface area (Å²) in [6.07, 6.45) is 0. The maximum absolute atomic E-state index is 12.6. The van der Waals surface area contributed by atoms with Gasteiger partial charge in [-0.3, -0.25) is 14.4 Å². The number of hydrogen-bond acceptors (Lipinski definition) is 3. The van der Waals surface area contributed by atoms with Crippen molar-refractivity contribution in [3.63, 3.8) is 0 Å². The third-order valence-electron chi connectivity index (χ3n) is 4.42. The van der Waals surface area contributed by atoms with E-state index in [1.807, 2.05) is 32.0 Å². The Kier molecular flexibility index (Phi) is 5.88. The zero-order valence-corrected chi connectivity index (χ0v) is 16.6. The Morgan fingerprint density at radius 2 is 1.14 bits per heavy atom. The van der Waals surface area contributed by atoms with Gasteiger partial charge in [-0.2, -0.15) is 0 Å². The van der Waals surface area contributed by atoms with E-state index in [0.29, 0.717) is 28.1 Å². The number of rotatable bonds is 5. The normalized spacial score (nSPS) is 10.3. The lowest BCUT2D eigenvalue weighted by molar-refractivity contribution is 0.101. The summed E-state index contributed by atoms with van der Waals surface area (Å²) in [6, 6.07) is 19.0. The highest BCUT2D eigenvalue weighted by molar-refractivity contribution is 6.09. The summed E-state index contributed by atoms with van der Waals surface area (Å²) in [5.74, 6) is -0.650. The van der Waals surface area contributed by atoms with Gasteiger partial charge in [-0.05, 0) is 86.5 Å². The largest absolute Gasteiger partial charge is 0.322 e. The molecule has 29 heavy (non-hydrogen) atoms. The summed E-state index contributed by atoms with van der Waals surface area (Å²) in [4.78, 5) is 36.5. The summed E-state index contributed by atoms with van der Waals surface area (Å²) in [5.41, 5.74) is 4.75. The monoisotopic (exact) mass is 386 g/mol. The van der Waals surface area contributed by atoms with Crippen molar-refractivity contribution in [1.29, 1.82) is 0 Å². The molecule has 3 rings (SSSR count). The van der Waals surface area contributed by atoms with Crippen molar-refractivity contribution in [2.45, 2.75) is 20.8 Å². The lowest BCUT2D eigenvalue weighted by atomic mass is 10.1. The van der Waals surface area contributed by atoms with Gasteiger partial charge in [0.2, 0.25) is 0 Å². The van der Waals surface area contributed by atoms with Gasteiger partial charge in [0.25, 0.3) is 11.8 Å². The number of benzene rings is 3. The van der Waals surface area contributed by atoms with Crippen LogP contribution in [0.25, 0.3) is 0 Å². The van der Waals surface area contributed by atoms with Crippen molar-refractivity contribution in [2.75, 3.05) is 10.6 Å². The molecule has 2 amide bonds. The maximum atomic E-state index is 12.6. The van der Waals surface area contributed by atoms with Gasteiger partial charge in [0.15, 0.2) is 5.78 Å². The molecule has 2 N–H and O–H groups in total. The molecule has 0 saturated carbocycles. The van der Waals surface area contributed by atoms with Gasteiger partial charge in [-0.1, -0.05) is 12.1 Å². The highest BCUT2D eigenvalue weighted by Crippen LogP contribution is 2.16. The molecule has 0 fully saturated rings. The predicted molar refractivity (Wildman–Crippen MR) is 115 cm³/mol. The van der Waals surface area contributed by atoms with Gasteiger partial charge in [0, 0.05) is 28.1 Å². The summed E-state index contributed by atoms with van der Waals surface area (Å²) in [5, 5.41) is 5.64. The summed E-state index contributed by atoms with van der Waals surface area (Å²) >= 11 is 0. The first-order chi connectivity index (χ1) is 13.8. The number of ketones is 1. The van der Waals surface area contributed by atoms with Gasteiger partial charge < -0.3 is 10.6 Å². The van der Waals surface area contributed by atoms with Crippen molar-refractivity contribution >= 4 is 29.0 Å². The fourth-order valence-corrected chi connectivity index (χ4v) is 3.04. The molecule has 0 aliphatic carbocycles. The smallest absolute Gasteiger partial charge is 0.255 e. The molecule has 3 aromatic rings. The zero-order chi connectivity index (χ0) is 21.0. The molecule has 0 saturated heterocycles. The molecule has 3 aromatic carbocycles. The molecule has 5 heteroatoms. The van der Waals surface area contributed by atoms with Gasteiger partial charge in [0.05, 0.1) is 0 Å². The third kappa shape index (κ3) is 5.17. The van der Waals surface area contributed by atoms with Crippen LogP contribution in [-0.2, 0) is 0 Å². The van der Waals surface area contributed by atoms with E-state index in [2.05, 4.69) is 10.6 Å². The van der Waals surface area contributed by atoms with Crippen LogP contribution in [0.1, 0.15) is 49.1 Å². The number of Topliss-reactive ketones (excluding diaryl/α,β-unsaturated/α-hetero) is 1. The number of aryl methyl sites for hydroxylation is 2. The second-order valence-corrected chi connectivity index (χ2v) is 7.00. The van der Waals surface area contributed by atoms with E-state index in [1.165, 1.54) is 6.92 Å². The molecule has 146 valence electrons. The predicted octanol–water partition coefficient (Wildman–Crippen LogP) is 5.01. The van der Waals surface area contributed by atoms with Crippen molar-refractivity contribution in [3.8, 4) is 0 Å². The first-order valence-electron chi connectivity index (χ1n) is 9.24. The lowest BCUT2D eigenvalue weighted by Gasteiger charge is -2.09. The molecule has 0 spiro atoms. The average molecular weight is 386 g/mol. The average Bonchev–Trinajstić information content (AvgIpc) is 2.67. The van der Waals surface area contributed by atoms with Crippen LogP contribution in [0.2, 0.25) is 0 Å². The Morgan fingerprint density at radius 3 is 1.66 bits per heavy atom. The lowest BCUT2D eigenvalue weighted by Crippen LogP contribution is -2.15. The molecular weight excluding hydrogens is 364 g/mol. The Morgan fingerprint density at radius 1 is 0.621 bits per heavy atom. The fraction of sp³-hybridized carbons (Fsp3) is 0.125. The van der Waals surface area contributed by atoms with E-state index < -0.39 is 0 Å². The van der Waals surface area contributed by atoms with E-state index in [4.69, 9.17) is 0 Å². The first kappa shape index (κ1) is 20.0. The Balaban J connectivity index is 1.73. The maximum Gasteiger partial charge on any atom is 0.255 e. The van der Waals surface area contributed by atoms with Crippen molar-refractivity contribution in [1.82, 2.24) is 0 Å². The molecular formula is C24H22N2O3. The topological polar surface area (TPSA) is 75.3 Å². The van der Waals surface area contributed by atoms with E-state index >= 15 is 0 Å². The number of hydrogen-bond donors (Lipinski definition) is 2. The van der Waals surface area contributed by atoms with Crippen molar-refractivity contribution in [2.24, 2.45) is 0 Å². The second kappa shape index (κ2) is 8.52. The Bertz CT molecular complexity index is 1070. The van der Waals surface area contributed by atoms with Gasteiger partial charge >= 0.3 is 0 Å². The van der Waals surface area contributed by atoms with Crippen molar-refractivity contribution in [3.05, 3.63) is 94.5 Å². The molecule has 0 bridgehead atoms. The van der Waals surface area contributed by atoms with E-state index in [-0.39, 0.29) is 17.6 Å². The molecule has 5 nitrogen and oxygen atoms in total. The van der Waals surface area contributed by atoms with E-state index in [1.54, 1.807) is 48.5 Å². The molecule has 0 atom stereocenters. The van der Waals surface area contributed by atoms with Crippen LogP contribution in [-0.4, -0.2) is 17.6 Å². The van der Waals surface area contributed by atoms with Crippen LogP contribution in [0.5, 0.6) is 0 Å². The highest BCUT2D eigenvalue weighted by Gasteiger charge is 2.12. The molecule has 0 aliphatic rings. The molecule has 0 heterocycles. The zero-order valence-electron chi connectivity index (χ0n) is 16.6. The number of carbonyl (C=O) groups excluding carboxylic acids is 3. The van der Waals surface area contributed by atoms with E-state index in [0.717, 1.165) is 11.1 Å². The standard InChI is InChI=1S/C24H22N2O3/c1-15-11-16(2)13-22(12-15)26-24(29)20-6-4-5-19(14-20)23(28)25-21-9-7-18(8-10-21)17(3)27/h4-14H,1-3H3,(H,25,28)(H,26,29). The SMILES string of the molecule is CC(=O)c1ccc(NC(=O)c2cccc(C(=O)Nc3cc(C)cc(C)c3)c2)cc1. The first-order valence-corrected chi connectivity index (χ1v) is 9.24. The molecule has 0 unspecified atom stereocenters. The number of nitrogens with one attached hydrogen (secondary N) is 2. The number of anilines is 2. The quantitative estimate of drug-likeness (QED) is 0.605. The van der Waals surface area contributed by atoms with Gasteiger partial charge in [0.1, 0.15) is 0 Å². The van der Waals surface area contributed by atoms with Gasteiger partial charge in [-0.25, -0.2) is 0 Å². The van der Waals surface area contributed by atoms with Crippen LogP contribution >= 0.6 is 0 Å².